The number of piperidine rings is 1. The number of hydrogen-bond donors (Lipinski definition) is 5. The van der Waals surface area contributed by atoms with Crippen molar-refractivity contribution in [3.63, 3.8) is 0 Å². The van der Waals surface area contributed by atoms with Crippen LogP contribution in [0.25, 0.3) is 0 Å². The fourth-order valence-electron chi connectivity index (χ4n) is 4.03. The number of benzene rings is 2. The van der Waals surface area contributed by atoms with Crippen LogP contribution in [0, 0.1) is 5.41 Å². The summed E-state index contributed by atoms with van der Waals surface area (Å²) in [6.45, 7) is 6.36. The van der Waals surface area contributed by atoms with E-state index in [1.807, 2.05) is 42.5 Å². The maximum Gasteiger partial charge on any atom is 0.255 e. The van der Waals surface area contributed by atoms with Crippen LogP contribution in [-0.2, 0) is 31.3 Å². The monoisotopic (exact) mass is 504 g/mol. The predicted octanol–water partition coefficient (Wildman–Crippen LogP) is 2.40. The Morgan fingerprint density at radius 3 is 2.65 bits per heavy atom. The molecule has 2 aromatic carbocycles. The minimum absolute atomic E-state index is 0.0636. The second-order valence-electron chi connectivity index (χ2n) is 9.44. The Labute approximate surface area is 215 Å². The lowest BCUT2D eigenvalue weighted by atomic mass is 9.93. The van der Waals surface area contributed by atoms with E-state index in [-0.39, 0.29) is 12.8 Å². The molecule has 1 fully saturated rings. The van der Waals surface area contributed by atoms with Gasteiger partial charge >= 0.3 is 0 Å². The van der Waals surface area contributed by atoms with Crippen LogP contribution in [0.3, 0.4) is 0 Å². The molecule has 1 aliphatic heterocycles. The van der Waals surface area contributed by atoms with Crippen LogP contribution in [0.5, 0.6) is 0 Å². The van der Waals surface area contributed by atoms with Crippen molar-refractivity contribution in [3.05, 3.63) is 70.9 Å². The second kappa shape index (κ2) is 11.6. The van der Waals surface area contributed by atoms with Gasteiger partial charge in [-0.2, -0.15) is 0 Å². The molecular formula is C27H32N6O4. The van der Waals surface area contributed by atoms with Crippen molar-refractivity contribution in [1.82, 2.24) is 15.5 Å². The van der Waals surface area contributed by atoms with Crippen molar-refractivity contribution < 1.29 is 19.2 Å². The number of allylic oxidation sites excluding steroid dienone is 1. The van der Waals surface area contributed by atoms with E-state index >= 15 is 0 Å². The largest absolute Gasteiger partial charge is 0.398 e. The Morgan fingerprint density at radius 2 is 2.00 bits per heavy atom. The third-order valence-corrected chi connectivity index (χ3v) is 6.22. The number of nitrogens with one attached hydrogen (secondary N) is 4. The summed E-state index contributed by atoms with van der Waals surface area (Å²) in [6.07, 6.45) is 2.95. The van der Waals surface area contributed by atoms with E-state index in [0.717, 1.165) is 21.7 Å². The molecule has 0 saturated carbocycles. The van der Waals surface area contributed by atoms with Gasteiger partial charge in [0.05, 0.1) is 0 Å². The fourth-order valence-corrected chi connectivity index (χ4v) is 4.03. The van der Waals surface area contributed by atoms with Crippen molar-refractivity contribution in [2.45, 2.75) is 51.7 Å². The summed E-state index contributed by atoms with van der Waals surface area (Å²) in [5, 5.41) is 16.2. The molecule has 0 aliphatic carbocycles. The van der Waals surface area contributed by atoms with E-state index in [1.54, 1.807) is 6.92 Å². The molecule has 1 saturated heterocycles. The minimum Gasteiger partial charge on any atom is -0.398 e. The highest BCUT2D eigenvalue weighted by Crippen LogP contribution is 2.25. The summed E-state index contributed by atoms with van der Waals surface area (Å²) in [5.41, 5.74) is 10.0. The van der Waals surface area contributed by atoms with Gasteiger partial charge < -0.3 is 21.8 Å². The molecule has 3 rings (SSSR count). The molecule has 37 heavy (non-hydrogen) atoms. The molecule has 2 aromatic rings. The average molecular weight is 505 g/mol. The van der Waals surface area contributed by atoms with E-state index in [4.69, 9.17) is 11.1 Å². The zero-order valence-electron chi connectivity index (χ0n) is 21.1. The number of imide groups is 2. The topological polar surface area (TPSA) is 157 Å². The van der Waals surface area contributed by atoms with E-state index < -0.39 is 29.3 Å². The van der Waals surface area contributed by atoms with Gasteiger partial charge in [0.2, 0.25) is 18.2 Å². The first-order valence-electron chi connectivity index (χ1n) is 11.8. The number of nitrogens with two attached hydrogens (primary N) is 1. The molecule has 0 radical (unpaired) electrons. The number of amides is 4. The highest BCUT2D eigenvalue weighted by molar-refractivity contribution is 6.05. The van der Waals surface area contributed by atoms with Crippen LogP contribution in [0.2, 0.25) is 0 Å². The summed E-state index contributed by atoms with van der Waals surface area (Å²) >= 11 is 0. The molecule has 1 unspecified atom stereocenters. The van der Waals surface area contributed by atoms with E-state index in [2.05, 4.69) is 29.8 Å². The highest BCUT2D eigenvalue weighted by atomic mass is 16.2. The molecule has 6 N–H and O–H groups in total. The number of anilines is 2. The average Bonchev–Trinajstić information content (AvgIpc) is 2.84. The highest BCUT2D eigenvalue weighted by Gasteiger charge is 2.33. The summed E-state index contributed by atoms with van der Waals surface area (Å²) in [4.78, 5) is 48.5. The quantitative estimate of drug-likeness (QED) is 0.109. The van der Waals surface area contributed by atoms with E-state index in [1.165, 1.54) is 12.3 Å². The lowest BCUT2D eigenvalue weighted by Gasteiger charge is -2.28. The summed E-state index contributed by atoms with van der Waals surface area (Å²) in [5.74, 6) is -1.73. The molecule has 4 amide bonds. The predicted molar refractivity (Wildman–Crippen MR) is 142 cm³/mol. The smallest absolute Gasteiger partial charge is 0.255 e. The summed E-state index contributed by atoms with van der Waals surface area (Å²) in [6, 6.07) is 12.3. The number of carbonyl (C=O) groups is 4. The first-order valence-corrected chi connectivity index (χ1v) is 11.8. The molecular weight excluding hydrogens is 472 g/mol. The van der Waals surface area contributed by atoms with Gasteiger partial charge in [-0.15, -0.1) is 0 Å². The molecule has 1 atom stereocenters. The standard InChI is InChI=1S/C27H32N6O4/c1-17(11-25(36)33(16-34)23-9-10-24(35)32-26(23)37)31-21-6-4-5-20(13-21)27(2,3)30-15-18-7-8-19(14-28)22(29)12-18/h4-8,11-14,16,23,28,30-31H,9-10,15,29H2,1-3H3,(H,32,35,37)/b17-11+,28-14?. The van der Waals surface area contributed by atoms with Crippen LogP contribution in [0.15, 0.2) is 54.2 Å². The molecule has 1 aliphatic rings. The van der Waals surface area contributed by atoms with Gasteiger partial charge in [0.15, 0.2) is 0 Å². The normalized spacial score (nSPS) is 16.1. The van der Waals surface area contributed by atoms with Crippen LogP contribution in [-0.4, -0.2) is 41.3 Å². The number of hydrogen-bond acceptors (Lipinski definition) is 8. The lowest BCUT2D eigenvalue weighted by molar-refractivity contribution is -0.148. The van der Waals surface area contributed by atoms with Crippen molar-refractivity contribution in [2.75, 3.05) is 11.1 Å². The number of nitrogens with zero attached hydrogens (tertiary/aromatic N) is 1. The van der Waals surface area contributed by atoms with Gasteiger partial charge in [-0.3, -0.25) is 29.4 Å². The molecule has 10 nitrogen and oxygen atoms in total. The number of rotatable bonds is 10. The van der Waals surface area contributed by atoms with Gasteiger partial charge in [0, 0.05) is 53.4 Å². The third kappa shape index (κ3) is 6.89. The molecule has 1 heterocycles. The van der Waals surface area contributed by atoms with Gasteiger partial charge in [0.1, 0.15) is 6.04 Å². The summed E-state index contributed by atoms with van der Waals surface area (Å²) < 4.78 is 0. The Kier molecular flexibility index (Phi) is 8.56. The van der Waals surface area contributed by atoms with Crippen LogP contribution >= 0.6 is 0 Å². The molecule has 0 spiro atoms. The SMILES string of the molecule is C/C(=C\C(=O)N(C=O)C1CCC(=O)NC1=O)Nc1cccc(C(C)(C)NCc2ccc(C=N)c(N)c2)c1. The van der Waals surface area contributed by atoms with Crippen molar-refractivity contribution in [3.8, 4) is 0 Å². The van der Waals surface area contributed by atoms with Crippen LogP contribution < -0.4 is 21.7 Å². The van der Waals surface area contributed by atoms with Gasteiger partial charge in [-0.1, -0.05) is 24.3 Å². The first-order chi connectivity index (χ1) is 17.5. The maximum atomic E-state index is 12.7. The zero-order chi connectivity index (χ0) is 27.2. The first kappa shape index (κ1) is 27.3. The molecule has 0 aromatic heterocycles. The van der Waals surface area contributed by atoms with Gasteiger partial charge in [0.25, 0.3) is 5.91 Å². The number of nitrogen functional groups attached to an aromatic ring is 1. The molecule has 194 valence electrons. The van der Waals surface area contributed by atoms with Gasteiger partial charge in [-0.05, 0) is 56.5 Å². The van der Waals surface area contributed by atoms with Crippen LogP contribution in [0.1, 0.15) is 50.3 Å². The third-order valence-electron chi connectivity index (χ3n) is 6.22. The Hall–Kier alpha value is -4.31. The molecule has 10 heteroatoms. The van der Waals surface area contributed by atoms with E-state index in [0.29, 0.717) is 29.9 Å². The minimum atomic E-state index is -1.02. The van der Waals surface area contributed by atoms with Crippen molar-refractivity contribution in [2.24, 2.45) is 0 Å². The Morgan fingerprint density at radius 1 is 1.24 bits per heavy atom. The van der Waals surface area contributed by atoms with Crippen LogP contribution in [0.4, 0.5) is 11.4 Å². The van der Waals surface area contributed by atoms with Crippen molar-refractivity contribution >= 4 is 41.7 Å². The number of carbonyl (C=O) groups excluding carboxylic acids is 4. The van der Waals surface area contributed by atoms with Crippen molar-refractivity contribution in [1.29, 1.82) is 5.41 Å². The Balaban J connectivity index is 1.67. The maximum absolute atomic E-state index is 12.7. The second-order valence-corrected chi connectivity index (χ2v) is 9.44. The molecule has 0 bridgehead atoms. The van der Waals surface area contributed by atoms with E-state index in [9.17, 15) is 19.2 Å². The fraction of sp³-hybridized carbons (Fsp3) is 0.296. The Bertz CT molecular complexity index is 1250. The van der Waals surface area contributed by atoms with Gasteiger partial charge in [-0.25, -0.2) is 0 Å². The zero-order valence-corrected chi connectivity index (χ0v) is 21.1. The lowest BCUT2D eigenvalue weighted by Crippen LogP contribution is -2.53. The summed E-state index contributed by atoms with van der Waals surface area (Å²) in [7, 11) is 0.